The summed E-state index contributed by atoms with van der Waals surface area (Å²) in [6.07, 6.45) is 3.19. The van der Waals surface area contributed by atoms with Crippen molar-refractivity contribution in [3.63, 3.8) is 0 Å². The van der Waals surface area contributed by atoms with Crippen LogP contribution < -0.4 is 5.32 Å². The van der Waals surface area contributed by atoms with Crippen molar-refractivity contribution in [1.82, 2.24) is 19.6 Å². The first-order chi connectivity index (χ1) is 8.66. The lowest BCUT2D eigenvalue weighted by Crippen LogP contribution is -1.98. The van der Waals surface area contributed by atoms with Gasteiger partial charge in [-0.05, 0) is 11.8 Å². The number of aromatic nitrogens is 4. The highest BCUT2D eigenvalue weighted by Gasteiger charge is 2.24. The topological polar surface area (TPSA) is 101 Å². The van der Waals surface area contributed by atoms with Gasteiger partial charge in [0, 0.05) is 5.38 Å². The Morgan fingerprint density at radius 2 is 2.44 bits per heavy atom. The van der Waals surface area contributed by atoms with Gasteiger partial charge >= 0.3 is 5.82 Å². The van der Waals surface area contributed by atoms with Crippen molar-refractivity contribution in [2.24, 2.45) is 0 Å². The molecule has 0 radical (unpaired) electrons. The van der Waals surface area contributed by atoms with Gasteiger partial charge in [-0.3, -0.25) is 5.10 Å². The molecule has 0 atom stereocenters. The fraction of sp³-hybridized carbons (Fsp3) is 0.111. The largest absolute Gasteiger partial charge is 0.373 e. The second-order valence-electron chi connectivity index (χ2n) is 3.63. The Morgan fingerprint density at radius 3 is 3.11 bits per heavy atom. The zero-order valence-electron chi connectivity index (χ0n) is 9.25. The van der Waals surface area contributed by atoms with E-state index in [9.17, 15) is 10.1 Å². The van der Waals surface area contributed by atoms with Gasteiger partial charge in [-0.1, -0.05) is 11.3 Å². The van der Waals surface area contributed by atoms with Gasteiger partial charge in [0.15, 0.2) is 0 Å². The molecule has 0 unspecified atom stereocenters. The van der Waals surface area contributed by atoms with Crippen molar-refractivity contribution in [2.75, 3.05) is 5.32 Å². The summed E-state index contributed by atoms with van der Waals surface area (Å²) in [6.45, 7) is 1.82. The minimum atomic E-state index is -0.454. The molecule has 3 aromatic heterocycles. The molecule has 9 heteroatoms. The summed E-state index contributed by atoms with van der Waals surface area (Å²) in [7, 11) is 0. The molecule has 0 fully saturated rings. The highest BCUT2D eigenvalue weighted by atomic mass is 32.1. The molecular weight excluding hydrogens is 256 g/mol. The summed E-state index contributed by atoms with van der Waals surface area (Å²) in [6, 6.07) is 0. The molecule has 8 nitrogen and oxygen atoms in total. The van der Waals surface area contributed by atoms with E-state index in [0.29, 0.717) is 10.6 Å². The van der Waals surface area contributed by atoms with Gasteiger partial charge in [0.25, 0.3) is 4.96 Å². The van der Waals surface area contributed by atoms with Gasteiger partial charge in [-0.15, -0.1) is 0 Å². The van der Waals surface area contributed by atoms with E-state index in [4.69, 9.17) is 0 Å². The van der Waals surface area contributed by atoms with Crippen LogP contribution in [0.3, 0.4) is 0 Å². The zero-order valence-corrected chi connectivity index (χ0v) is 10.1. The molecule has 3 aromatic rings. The van der Waals surface area contributed by atoms with Crippen molar-refractivity contribution in [3.8, 4) is 0 Å². The molecule has 0 saturated carbocycles. The number of anilines is 2. The molecule has 0 aliphatic rings. The Bertz CT molecular complexity index is 726. The van der Waals surface area contributed by atoms with Crippen LogP contribution in [0.2, 0.25) is 0 Å². The van der Waals surface area contributed by atoms with E-state index in [2.05, 4.69) is 20.5 Å². The zero-order chi connectivity index (χ0) is 12.7. The van der Waals surface area contributed by atoms with Crippen LogP contribution in [0.25, 0.3) is 4.96 Å². The van der Waals surface area contributed by atoms with Crippen molar-refractivity contribution in [1.29, 1.82) is 0 Å². The van der Waals surface area contributed by atoms with E-state index in [1.165, 1.54) is 15.7 Å². The van der Waals surface area contributed by atoms with Crippen LogP contribution in [0.1, 0.15) is 5.69 Å². The van der Waals surface area contributed by atoms with Gasteiger partial charge in [0.2, 0.25) is 5.82 Å². The Kier molecular flexibility index (Phi) is 2.27. The normalized spacial score (nSPS) is 10.9. The second-order valence-corrected chi connectivity index (χ2v) is 4.50. The number of thiazole rings is 1. The number of rotatable bonds is 3. The summed E-state index contributed by atoms with van der Waals surface area (Å²) in [5.41, 5.74) is 1.46. The molecule has 0 aliphatic heterocycles. The predicted octanol–water partition coefficient (Wildman–Crippen LogP) is 2.08. The summed E-state index contributed by atoms with van der Waals surface area (Å²) in [5, 5.41) is 22.4. The first kappa shape index (κ1) is 10.7. The Morgan fingerprint density at radius 1 is 1.61 bits per heavy atom. The highest BCUT2D eigenvalue weighted by molar-refractivity contribution is 7.15. The molecule has 3 heterocycles. The smallest absolute Gasteiger partial charge is 0.358 e. The fourth-order valence-corrected chi connectivity index (χ4v) is 2.35. The number of fused-ring (bicyclic) bond motifs is 1. The first-order valence-corrected chi connectivity index (χ1v) is 5.91. The minimum Gasteiger partial charge on any atom is -0.358 e. The van der Waals surface area contributed by atoms with Crippen LogP contribution in [0.15, 0.2) is 17.8 Å². The van der Waals surface area contributed by atoms with E-state index >= 15 is 0 Å². The number of nitrogens with one attached hydrogen (secondary N) is 2. The van der Waals surface area contributed by atoms with Crippen LogP contribution >= 0.6 is 11.3 Å². The number of hydrogen-bond donors (Lipinski definition) is 2. The number of nitrogens with zero attached hydrogens (tertiary/aromatic N) is 4. The number of aryl methyl sites for hydroxylation is 1. The molecule has 18 heavy (non-hydrogen) atoms. The molecule has 0 aliphatic carbocycles. The molecule has 2 N–H and O–H groups in total. The van der Waals surface area contributed by atoms with Crippen LogP contribution in [0.5, 0.6) is 0 Å². The fourth-order valence-electron chi connectivity index (χ4n) is 1.64. The molecule has 0 spiro atoms. The highest BCUT2D eigenvalue weighted by Crippen LogP contribution is 2.30. The Hall–Kier alpha value is -2.42. The van der Waals surface area contributed by atoms with Crippen molar-refractivity contribution in [2.45, 2.75) is 6.92 Å². The quantitative estimate of drug-likeness (QED) is 0.557. The lowest BCUT2D eigenvalue weighted by Gasteiger charge is -2.00. The number of H-pyrrole nitrogens is 1. The lowest BCUT2D eigenvalue weighted by atomic mass is 10.4. The Labute approximate surface area is 104 Å². The molecule has 0 amide bonds. The second kappa shape index (κ2) is 3.81. The number of nitro groups is 1. The van der Waals surface area contributed by atoms with E-state index < -0.39 is 4.92 Å². The summed E-state index contributed by atoms with van der Waals surface area (Å²) >= 11 is 1.34. The maximum Gasteiger partial charge on any atom is 0.373 e. The van der Waals surface area contributed by atoms with Crippen LogP contribution in [0, 0.1) is 17.0 Å². The first-order valence-electron chi connectivity index (χ1n) is 5.04. The van der Waals surface area contributed by atoms with E-state index in [-0.39, 0.29) is 11.6 Å². The average Bonchev–Trinajstić information content (AvgIpc) is 2.95. The van der Waals surface area contributed by atoms with Crippen LogP contribution in [-0.2, 0) is 0 Å². The van der Waals surface area contributed by atoms with Crippen molar-refractivity contribution in [3.05, 3.63) is 33.6 Å². The molecule has 0 bridgehead atoms. The summed E-state index contributed by atoms with van der Waals surface area (Å²) in [5.74, 6) is 0.142. The number of aromatic amines is 1. The molecule has 3 rings (SSSR count). The number of hydrogen-bond acceptors (Lipinski definition) is 6. The van der Waals surface area contributed by atoms with Crippen molar-refractivity contribution >= 4 is 33.6 Å². The number of imidazole rings is 1. The van der Waals surface area contributed by atoms with Crippen LogP contribution in [-0.4, -0.2) is 24.5 Å². The third kappa shape index (κ3) is 1.52. The third-order valence-electron chi connectivity index (χ3n) is 2.49. The van der Waals surface area contributed by atoms with Gasteiger partial charge in [-0.2, -0.15) is 14.5 Å². The van der Waals surface area contributed by atoms with Gasteiger partial charge in [0.05, 0.1) is 17.6 Å². The lowest BCUT2D eigenvalue weighted by molar-refractivity contribution is -0.389. The van der Waals surface area contributed by atoms with E-state index in [0.717, 1.165) is 5.69 Å². The SMILES string of the molecule is Cc1[nH]ncc1Nc1nc2sccn2c1[N+](=O)[O-]. The maximum absolute atomic E-state index is 11.1. The van der Waals surface area contributed by atoms with Gasteiger partial charge in [-0.25, -0.2) is 0 Å². The third-order valence-corrected chi connectivity index (χ3v) is 3.25. The van der Waals surface area contributed by atoms with Crippen molar-refractivity contribution < 1.29 is 4.92 Å². The van der Waals surface area contributed by atoms with E-state index in [1.807, 2.05) is 6.92 Å². The maximum atomic E-state index is 11.1. The molecule has 0 saturated heterocycles. The predicted molar refractivity (Wildman–Crippen MR) is 66.3 cm³/mol. The van der Waals surface area contributed by atoms with E-state index in [1.54, 1.807) is 17.8 Å². The summed E-state index contributed by atoms with van der Waals surface area (Å²) in [4.78, 5) is 15.4. The standard InChI is InChI=1S/C9H8N6O2S/c1-5-6(4-10-13-5)11-7-8(15(16)17)14-2-3-18-9(14)12-7/h2-4,11H,1H3,(H,10,13). The molecule has 0 aromatic carbocycles. The molecule has 92 valence electrons. The summed E-state index contributed by atoms with van der Waals surface area (Å²) < 4.78 is 1.45. The minimum absolute atomic E-state index is 0.0770. The average molecular weight is 264 g/mol. The van der Waals surface area contributed by atoms with Gasteiger partial charge < -0.3 is 15.4 Å². The monoisotopic (exact) mass is 264 g/mol. The Balaban J connectivity index is 2.11. The molecular formula is C9H8N6O2S. The van der Waals surface area contributed by atoms with Gasteiger partial charge in [0.1, 0.15) is 6.20 Å². The van der Waals surface area contributed by atoms with Crippen LogP contribution in [0.4, 0.5) is 17.3 Å².